The summed E-state index contributed by atoms with van der Waals surface area (Å²) < 4.78 is 0. The van der Waals surface area contributed by atoms with E-state index in [-0.39, 0.29) is 24.0 Å². The van der Waals surface area contributed by atoms with Gasteiger partial charge in [-0.3, -0.25) is 14.4 Å². The molecule has 1 fully saturated rings. The van der Waals surface area contributed by atoms with Crippen LogP contribution in [0, 0.1) is 13.8 Å². The molecule has 1 aromatic carbocycles. The topological polar surface area (TPSA) is 104 Å². The summed E-state index contributed by atoms with van der Waals surface area (Å²) in [4.78, 5) is 48.2. The van der Waals surface area contributed by atoms with Crippen LogP contribution in [0.3, 0.4) is 0 Å². The van der Waals surface area contributed by atoms with E-state index in [1.54, 1.807) is 12.1 Å². The monoisotopic (exact) mass is 364 g/mol. The molecule has 1 aliphatic heterocycles. The SMILES string of the molecule is CC(=O)N[C@@H](CS[C@@H]1CC(=O)N(c2ccc(C)c(C)c2)C1=O)C(=O)O. The van der Waals surface area contributed by atoms with Crippen LogP contribution in [0.2, 0.25) is 0 Å². The van der Waals surface area contributed by atoms with Crippen molar-refractivity contribution in [1.82, 2.24) is 5.32 Å². The van der Waals surface area contributed by atoms with Gasteiger partial charge in [0.2, 0.25) is 17.7 Å². The van der Waals surface area contributed by atoms with Crippen LogP contribution in [-0.4, -0.2) is 45.8 Å². The van der Waals surface area contributed by atoms with Gasteiger partial charge in [-0.2, -0.15) is 0 Å². The number of nitrogens with one attached hydrogen (secondary N) is 1. The summed E-state index contributed by atoms with van der Waals surface area (Å²) in [5.41, 5.74) is 2.57. The number of thioether (sulfide) groups is 1. The lowest BCUT2D eigenvalue weighted by molar-refractivity contribution is -0.140. The number of rotatable bonds is 6. The highest BCUT2D eigenvalue weighted by molar-refractivity contribution is 8.00. The summed E-state index contributed by atoms with van der Waals surface area (Å²) in [6, 6.07) is 4.27. The number of carbonyl (C=O) groups excluding carboxylic acids is 3. The summed E-state index contributed by atoms with van der Waals surface area (Å²) in [6.45, 7) is 5.08. The van der Waals surface area contributed by atoms with E-state index in [0.717, 1.165) is 27.8 Å². The van der Waals surface area contributed by atoms with E-state index in [4.69, 9.17) is 5.11 Å². The van der Waals surface area contributed by atoms with Gasteiger partial charge in [-0.05, 0) is 37.1 Å². The second kappa shape index (κ2) is 7.69. The molecular formula is C17H20N2O5S. The first-order valence-electron chi connectivity index (χ1n) is 7.76. The average molecular weight is 364 g/mol. The molecule has 0 bridgehead atoms. The van der Waals surface area contributed by atoms with Crippen molar-refractivity contribution in [3.63, 3.8) is 0 Å². The van der Waals surface area contributed by atoms with E-state index in [9.17, 15) is 19.2 Å². The normalized spacial score (nSPS) is 18.4. The number of imide groups is 1. The van der Waals surface area contributed by atoms with Gasteiger partial charge in [-0.15, -0.1) is 11.8 Å². The zero-order valence-corrected chi connectivity index (χ0v) is 15.1. The van der Waals surface area contributed by atoms with E-state index in [1.807, 2.05) is 19.9 Å². The number of nitrogens with zero attached hydrogens (tertiary/aromatic N) is 1. The van der Waals surface area contributed by atoms with Crippen LogP contribution in [0.1, 0.15) is 24.5 Å². The molecule has 0 aromatic heterocycles. The van der Waals surface area contributed by atoms with Gasteiger partial charge >= 0.3 is 5.97 Å². The van der Waals surface area contributed by atoms with Gasteiger partial charge in [0.1, 0.15) is 6.04 Å². The number of carboxylic acids is 1. The lowest BCUT2D eigenvalue weighted by Gasteiger charge is -2.17. The third-order valence-electron chi connectivity index (χ3n) is 3.99. The largest absolute Gasteiger partial charge is 0.480 e. The van der Waals surface area contributed by atoms with Gasteiger partial charge in [-0.1, -0.05) is 6.07 Å². The van der Waals surface area contributed by atoms with Crippen LogP contribution in [0.5, 0.6) is 0 Å². The zero-order chi connectivity index (χ0) is 18.7. The summed E-state index contributed by atoms with van der Waals surface area (Å²) in [5.74, 6) is -2.29. The van der Waals surface area contributed by atoms with Crippen molar-refractivity contribution in [1.29, 1.82) is 0 Å². The predicted molar refractivity (Wildman–Crippen MR) is 94.5 cm³/mol. The van der Waals surface area contributed by atoms with Gasteiger partial charge in [0.15, 0.2) is 0 Å². The van der Waals surface area contributed by atoms with Gasteiger partial charge in [-0.25, -0.2) is 9.69 Å². The lowest BCUT2D eigenvalue weighted by Crippen LogP contribution is -2.42. The van der Waals surface area contributed by atoms with E-state index < -0.39 is 23.2 Å². The number of carboxylic acid groups (broad SMARTS) is 1. The lowest BCUT2D eigenvalue weighted by atomic mass is 10.1. The summed E-state index contributed by atoms with van der Waals surface area (Å²) in [7, 11) is 0. The Morgan fingerprint density at radius 3 is 2.56 bits per heavy atom. The second-order valence-corrected chi connectivity index (χ2v) is 7.19. The molecule has 2 N–H and O–H groups in total. The first-order valence-corrected chi connectivity index (χ1v) is 8.81. The van der Waals surface area contributed by atoms with Gasteiger partial charge in [0.25, 0.3) is 0 Å². The molecule has 1 saturated heterocycles. The number of anilines is 1. The minimum atomic E-state index is -1.18. The summed E-state index contributed by atoms with van der Waals surface area (Å²) in [6.07, 6.45) is 0.0167. The van der Waals surface area contributed by atoms with Gasteiger partial charge in [0.05, 0.1) is 10.9 Å². The van der Waals surface area contributed by atoms with Crippen molar-refractivity contribution in [2.45, 2.75) is 38.5 Å². The Morgan fingerprint density at radius 1 is 1.32 bits per heavy atom. The van der Waals surface area contributed by atoms with Crippen LogP contribution in [0.25, 0.3) is 0 Å². The van der Waals surface area contributed by atoms with Crippen LogP contribution in [0.4, 0.5) is 5.69 Å². The average Bonchev–Trinajstić information content (AvgIpc) is 2.80. The van der Waals surface area contributed by atoms with Crippen LogP contribution < -0.4 is 10.2 Å². The molecule has 0 spiro atoms. The molecule has 8 heteroatoms. The van der Waals surface area contributed by atoms with Crippen molar-refractivity contribution in [3.8, 4) is 0 Å². The Morgan fingerprint density at radius 2 is 2.00 bits per heavy atom. The van der Waals surface area contributed by atoms with E-state index >= 15 is 0 Å². The molecule has 1 heterocycles. The predicted octanol–water partition coefficient (Wildman–Crippen LogP) is 1.26. The highest BCUT2D eigenvalue weighted by atomic mass is 32.2. The highest BCUT2D eigenvalue weighted by Gasteiger charge is 2.40. The number of amides is 3. The minimum Gasteiger partial charge on any atom is -0.480 e. The third-order valence-corrected chi connectivity index (χ3v) is 5.29. The fraction of sp³-hybridized carbons (Fsp3) is 0.412. The number of benzene rings is 1. The maximum atomic E-state index is 12.6. The Bertz CT molecular complexity index is 734. The third kappa shape index (κ3) is 4.39. The van der Waals surface area contributed by atoms with Crippen LogP contribution >= 0.6 is 11.8 Å². The first-order chi connectivity index (χ1) is 11.7. The number of aryl methyl sites for hydroxylation is 2. The van der Waals surface area contributed by atoms with Crippen LogP contribution in [-0.2, 0) is 19.2 Å². The summed E-state index contributed by atoms with van der Waals surface area (Å²) in [5, 5.41) is 10.8. The van der Waals surface area contributed by atoms with Crippen molar-refractivity contribution in [3.05, 3.63) is 29.3 Å². The second-order valence-electron chi connectivity index (χ2n) is 5.95. The molecule has 0 radical (unpaired) electrons. The Balaban J connectivity index is 2.08. The molecular weight excluding hydrogens is 344 g/mol. The molecule has 25 heavy (non-hydrogen) atoms. The van der Waals surface area contributed by atoms with Crippen molar-refractivity contribution in [2.24, 2.45) is 0 Å². The molecule has 3 amide bonds. The van der Waals surface area contributed by atoms with E-state index in [0.29, 0.717) is 5.69 Å². The Kier molecular flexibility index (Phi) is 5.84. The zero-order valence-electron chi connectivity index (χ0n) is 14.2. The maximum Gasteiger partial charge on any atom is 0.327 e. The van der Waals surface area contributed by atoms with E-state index in [1.165, 1.54) is 6.92 Å². The molecule has 134 valence electrons. The molecule has 1 aromatic rings. The molecule has 7 nitrogen and oxygen atoms in total. The summed E-state index contributed by atoms with van der Waals surface area (Å²) >= 11 is 1.07. The fourth-order valence-corrected chi connectivity index (χ4v) is 3.66. The molecule has 0 saturated carbocycles. The standard InChI is InChI=1S/C17H20N2O5S/c1-9-4-5-12(6-10(9)2)19-15(21)7-14(16(19)22)25-8-13(17(23)24)18-11(3)20/h4-6,13-14H,7-8H2,1-3H3,(H,18,20)(H,23,24)/t13-,14+/m0/s1. The smallest absolute Gasteiger partial charge is 0.327 e. The van der Waals surface area contributed by atoms with Gasteiger partial charge in [0, 0.05) is 19.1 Å². The Labute approximate surface area is 149 Å². The first kappa shape index (κ1) is 19.0. The number of hydrogen-bond acceptors (Lipinski definition) is 5. The van der Waals surface area contributed by atoms with Gasteiger partial charge < -0.3 is 10.4 Å². The molecule has 2 rings (SSSR count). The van der Waals surface area contributed by atoms with E-state index in [2.05, 4.69) is 5.32 Å². The van der Waals surface area contributed by atoms with Crippen LogP contribution in [0.15, 0.2) is 18.2 Å². The molecule has 1 aliphatic rings. The highest BCUT2D eigenvalue weighted by Crippen LogP contribution is 2.31. The molecule has 2 atom stereocenters. The molecule has 0 aliphatic carbocycles. The van der Waals surface area contributed by atoms with Crippen molar-refractivity contribution in [2.75, 3.05) is 10.7 Å². The number of hydrogen-bond donors (Lipinski definition) is 2. The quantitative estimate of drug-likeness (QED) is 0.737. The minimum absolute atomic E-state index is 0.0133. The fourth-order valence-electron chi connectivity index (χ4n) is 2.50. The maximum absolute atomic E-state index is 12.6. The number of carbonyl (C=O) groups is 4. The van der Waals surface area contributed by atoms with Crippen molar-refractivity contribution < 1.29 is 24.3 Å². The Hall–Kier alpha value is -2.35. The van der Waals surface area contributed by atoms with Crippen molar-refractivity contribution >= 4 is 41.1 Å². The number of aliphatic carboxylic acids is 1. The molecule has 0 unspecified atom stereocenters.